The summed E-state index contributed by atoms with van der Waals surface area (Å²) in [6, 6.07) is 0. The Labute approximate surface area is 92.7 Å². The maximum atomic E-state index is 10.8. The Balaban J connectivity index is 4.50. The molecule has 0 saturated heterocycles. The van der Waals surface area contributed by atoms with Crippen LogP contribution in [0.3, 0.4) is 0 Å². The summed E-state index contributed by atoms with van der Waals surface area (Å²) >= 11 is 30.4. The second kappa shape index (κ2) is 4.05. The van der Waals surface area contributed by atoms with Crippen LogP contribution in [-0.2, 0) is 9.08 Å². The molecular weight excluding hydrogens is 281 g/mol. The van der Waals surface area contributed by atoms with E-state index in [1.807, 2.05) is 0 Å². The van der Waals surface area contributed by atoms with E-state index in [0.717, 1.165) is 0 Å². The standard InChI is InChI=1S/C3Cl6O2/c4-2(5,6)1(10)3(7,8)11-9. The van der Waals surface area contributed by atoms with Crippen molar-refractivity contribution in [3.63, 3.8) is 0 Å². The monoisotopic (exact) mass is 278 g/mol. The van der Waals surface area contributed by atoms with Crippen molar-refractivity contribution in [2.24, 2.45) is 0 Å². The first-order valence-corrected chi connectivity index (χ1v) is 4.21. The van der Waals surface area contributed by atoms with Gasteiger partial charge < -0.3 is 0 Å². The number of halogens is 6. The molecule has 0 amide bonds. The van der Waals surface area contributed by atoms with Crippen LogP contribution < -0.4 is 0 Å². The van der Waals surface area contributed by atoms with Gasteiger partial charge in [0.05, 0.1) is 11.9 Å². The molecule has 2 nitrogen and oxygen atoms in total. The number of Topliss-reactive ketones (excluding diaryl/α,β-unsaturated/α-hetero) is 1. The fraction of sp³-hybridized carbons (Fsp3) is 0.667. The lowest BCUT2D eigenvalue weighted by atomic mass is 10.5. The molecule has 0 spiro atoms. The van der Waals surface area contributed by atoms with Crippen LogP contribution in [0, 0.1) is 0 Å². The molecule has 0 aromatic heterocycles. The van der Waals surface area contributed by atoms with Crippen LogP contribution >= 0.6 is 69.9 Å². The molecule has 0 aromatic carbocycles. The van der Waals surface area contributed by atoms with Gasteiger partial charge in [0.15, 0.2) is 0 Å². The largest absolute Gasteiger partial charge is 0.299 e. The highest BCUT2D eigenvalue weighted by Gasteiger charge is 2.47. The molecule has 0 radical (unpaired) electrons. The third-order valence-electron chi connectivity index (χ3n) is 0.619. The first kappa shape index (κ1) is 12.4. The highest BCUT2D eigenvalue weighted by atomic mass is 35.6. The predicted molar refractivity (Wildman–Crippen MR) is 46.7 cm³/mol. The van der Waals surface area contributed by atoms with Crippen LogP contribution in [-0.4, -0.2) is 14.1 Å². The number of carbonyl (C=O) groups is 1. The number of ketones is 1. The molecule has 0 unspecified atom stereocenters. The van der Waals surface area contributed by atoms with Gasteiger partial charge in [-0.2, -0.15) is 0 Å². The molecule has 11 heavy (non-hydrogen) atoms. The van der Waals surface area contributed by atoms with Gasteiger partial charge in [-0.25, -0.2) is 4.29 Å². The molecule has 66 valence electrons. The molecule has 0 fully saturated rings. The van der Waals surface area contributed by atoms with Crippen LogP contribution in [0.4, 0.5) is 0 Å². The summed E-state index contributed by atoms with van der Waals surface area (Å²) in [7, 11) is 0. The summed E-state index contributed by atoms with van der Waals surface area (Å²) in [5.74, 6) is -1.17. The molecule has 0 bridgehead atoms. The highest BCUT2D eigenvalue weighted by molar-refractivity contribution is 6.80. The molecule has 0 N–H and O–H groups in total. The summed E-state index contributed by atoms with van der Waals surface area (Å²) in [4.78, 5) is 10.8. The number of rotatable bonds is 2. The van der Waals surface area contributed by atoms with Gasteiger partial charge in [-0.15, -0.1) is 0 Å². The van der Waals surface area contributed by atoms with Crippen molar-refractivity contribution < 1.29 is 9.08 Å². The Morgan fingerprint density at radius 1 is 1.09 bits per heavy atom. The van der Waals surface area contributed by atoms with E-state index in [4.69, 9.17) is 69.9 Å². The zero-order valence-corrected chi connectivity index (χ0v) is 9.12. The zero-order chi connectivity index (χ0) is 9.28. The lowest BCUT2D eigenvalue weighted by Crippen LogP contribution is -2.36. The predicted octanol–water partition coefficient (Wildman–Crippen LogP) is 3.23. The number of carbonyl (C=O) groups excluding carboxylic acids is 1. The minimum absolute atomic E-state index is 1.17. The van der Waals surface area contributed by atoms with Gasteiger partial charge in [0, 0.05) is 0 Å². The third kappa shape index (κ3) is 3.73. The molecule has 0 aliphatic carbocycles. The van der Waals surface area contributed by atoms with Crippen molar-refractivity contribution >= 4 is 75.7 Å². The van der Waals surface area contributed by atoms with E-state index in [9.17, 15) is 4.79 Å². The smallest absolute Gasteiger partial charge is 0.289 e. The number of hydrogen-bond donors (Lipinski definition) is 0. The minimum Gasteiger partial charge on any atom is -0.289 e. The second-order valence-corrected chi connectivity index (χ2v) is 5.11. The number of hydrogen-bond acceptors (Lipinski definition) is 2. The maximum absolute atomic E-state index is 10.8. The first-order chi connectivity index (χ1) is 4.72. The van der Waals surface area contributed by atoms with Gasteiger partial charge in [-0.3, -0.25) is 4.79 Å². The topological polar surface area (TPSA) is 26.3 Å². The van der Waals surface area contributed by atoms with Gasteiger partial charge in [-0.1, -0.05) is 58.0 Å². The molecule has 8 heteroatoms. The highest BCUT2D eigenvalue weighted by Crippen LogP contribution is 2.38. The van der Waals surface area contributed by atoms with Gasteiger partial charge >= 0.3 is 0 Å². The average molecular weight is 281 g/mol. The van der Waals surface area contributed by atoms with Gasteiger partial charge in [0.1, 0.15) is 0 Å². The lowest BCUT2D eigenvalue weighted by molar-refractivity contribution is -0.123. The van der Waals surface area contributed by atoms with E-state index in [2.05, 4.69) is 4.29 Å². The molecule has 0 aliphatic heterocycles. The summed E-state index contributed by atoms with van der Waals surface area (Å²) < 4.78 is -0.766. The fourth-order valence-corrected chi connectivity index (χ4v) is 1.24. The third-order valence-corrected chi connectivity index (χ3v) is 2.02. The summed E-state index contributed by atoms with van der Waals surface area (Å²) in [5.41, 5.74) is 0. The first-order valence-electron chi connectivity index (χ1n) is 2.01. The Morgan fingerprint density at radius 3 is 1.55 bits per heavy atom. The van der Waals surface area contributed by atoms with E-state index >= 15 is 0 Å². The minimum atomic E-state index is -2.34. The Kier molecular flexibility index (Phi) is 4.56. The second-order valence-electron chi connectivity index (χ2n) is 1.42. The van der Waals surface area contributed by atoms with E-state index in [1.165, 1.54) is 0 Å². The van der Waals surface area contributed by atoms with Gasteiger partial charge in [-0.05, 0) is 0 Å². The SMILES string of the molecule is O=C(C(Cl)(Cl)Cl)C(Cl)(Cl)OCl. The van der Waals surface area contributed by atoms with Crippen LogP contribution in [0.25, 0.3) is 0 Å². The number of alkyl halides is 5. The molecule has 0 saturated carbocycles. The van der Waals surface area contributed by atoms with Crippen molar-refractivity contribution in [3.8, 4) is 0 Å². The van der Waals surface area contributed by atoms with Crippen LogP contribution in [0.5, 0.6) is 0 Å². The van der Waals surface area contributed by atoms with E-state index in [0.29, 0.717) is 0 Å². The van der Waals surface area contributed by atoms with Gasteiger partial charge in [0.25, 0.3) is 8.31 Å². The molecule has 0 rings (SSSR count). The van der Waals surface area contributed by atoms with Crippen molar-refractivity contribution in [3.05, 3.63) is 0 Å². The van der Waals surface area contributed by atoms with Crippen molar-refractivity contribution in [1.82, 2.24) is 0 Å². The Morgan fingerprint density at radius 2 is 1.45 bits per heavy atom. The average Bonchev–Trinajstić information content (AvgIpc) is 1.84. The Bertz CT molecular complexity index is 160. The molecule has 0 heterocycles. The fourth-order valence-electron chi connectivity index (χ4n) is 0.200. The van der Waals surface area contributed by atoms with Crippen molar-refractivity contribution in [1.29, 1.82) is 0 Å². The summed E-state index contributed by atoms with van der Waals surface area (Å²) in [6.45, 7) is 0. The molecular formula is C3Cl6O2. The van der Waals surface area contributed by atoms with E-state index in [-0.39, 0.29) is 0 Å². The quantitative estimate of drug-likeness (QED) is 0.726. The Hall–Kier alpha value is 1.37. The van der Waals surface area contributed by atoms with Crippen molar-refractivity contribution in [2.75, 3.05) is 0 Å². The summed E-state index contributed by atoms with van der Waals surface area (Å²) in [6.07, 6.45) is 0. The van der Waals surface area contributed by atoms with Crippen LogP contribution in [0.2, 0.25) is 0 Å². The zero-order valence-electron chi connectivity index (χ0n) is 4.58. The van der Waals surface area contributed by atoms with E-state index < -0.39 is 14.1 Å². The maximum Gasteiger partial charge on any atom is 0.299 e. The van der Waals surface area contributed by atoms with Gasteiger partial charge in [0.2, 0.25) is 5.78 Å². The van der Waals surface area contributed by atoms with Crippen LogP contribution in [0.15, 0.2) is 0 Å². The molecule has 0 aromatic rings. The molecule has 0 aliphatic rings. The normalized spacial score (nSPS) is 13.3. The van der Waals surface area contributed by atoms with Crippen LogP contribution in [0.1, 0.15) is 0 Å². The van der Waals surface area contributed by atoms with E-state index in [1.54, 1.807) is 0 Å². The van der Waals surface area contributed by atoms with Crippen molar-refractivity contribution in [2.45, 2.75) is 8.31 Å². The molecule has 0 atom stereocenters. The summed E-state index contributed by atoms with van der Waals surface area (Å²) in [5, 5.41) is 0. The lowest BCUT2D eigenvalue weighted by Gasteiger charge is -2.17.